The highest BCUT2D eigenvalue weighted by Crippen LogP contribution is 2.44. The Morgan fingerprint density at radius 3 is 2.09 bits per heavy atom. The number of rotatable bonds is 4. The van der Waals surface area contributed by atoms with Gasteiger partial charge in [-0.25, -0.2) is 8.42 Å². The minimum atomic E-state index is -5.13. The number of carboxylic acids is 1. The van der Waals surface area contributed by atoms with Crippen molar-refractivity contribution in [3.8, 4) is 0 Å². The topological polar surface area (TPSA) is 104 Å². The van der Waals surface area contributed by atoms with Gasteiger partial charge in [0.15, 0.2) is 15.0 Å². The summed E-state index contributed by atoms with van der Waals surface area (Å²) in [6.07, 6.45) is -11.4. The first-order chi connectivity index (χ1) is 14.6. The third-order valence-electron chi connectivity index (χ3n) is 4.69. The molecule has 1 aromatic carbocycles. The molecule has 0 saturated carbocycles. The number of thioether (sulfide) groups is 1. The van der Waals surface area contributed by atoms with Gasteiger partial charge >= 0.3 is 18.3 Å². The predicted molar refractivity (Wildman–Crippen MR) is 102 cm³/mol. The summed E-state index contributed by atoms with van der Waals surface area (Å²) in [7, 11) is -3.62. The molecule has 1 aromatic rings. The number of sulfone groups is 1. The lowest BCUT2D eigenvalue weighted by Gasteiger charge is -2.26. The monoisotopic (exact) mass is 504 g/mol. The van der Waals surface area contributed by atoms with Crippen LogP contribution in [0.4, 0.5) is 32.0 Å². The first-order valence-electron chi connectivity index (χ1n) is 8.86. The van der Waals surface area contributed by atoms with E-state index in [1.807, 2.05) is 0 Å². The third kappa shape index (κ3) is 5.36. The average Bonchev–Trinajstić information content (AvgIpc) is 3.08. The number of aliphatic carboxylic acids is 1. The number of amides is 1. The molecular weight excluding hydrogens is 490 g/mol. The summed E-state index contributed by atoms with van der Waals surface area (Å²) in [5.41, 5.74) is -3.82. The number of alkyl halides is 6. The van der Waals surface area contributed by atoms with Gasteiger partial charge in [0.1, 0.15) is 0 Å². The third-order valence-corrected chi connectivity index (χ3v) is 7.90. The van der Waals surface area contributed by atoms with Crippen LogP contribution in [0.3, 0.4) is 0 Å². The van der Waals surface area contributed by atoms with Crippen molar-refractivity contribution in [2.45, 2.75) is 36.5 Å². The number of halogens is 6. The largest absolute Gasteiger partial charge is 0.481 e. The Morgan fingerprint density at radius 1 is 1.03 bits per heavy atom. The number of hydrogen-bond donors (Lipinski definition) is 1. The Bertz CT molecular complexity index is 1050. The average molecular weight is 504 g/mol. The first kappa shape index (κ1) is 24.4. The molecule has 2 aliphatic heterocycles. The summed E-state index contributed by atoms with van der Waals surface area (Å²) in [5.74, 6) is -3.20. The van der Waals surface area contributed by atoms with E-state index in [-0.39, 0.29) is 11.2 Å². The molecule has 0 aromatic heterocycles. The molecule has 176 valence electrons. The van der Waals surface area contributed by atoms with Crippen LogP contribution in [-0.2, 0) is 31.8 Å². The van der Waals surface area contributed by atoms with Crippen molar-refractivity contribution in [3.05, 3.63) is 29.3 Å². The maximum absolute atomic E-state index is 13.3. The Kier molecular flexibility index (Phi) is 6.27. The molecule has 32 heavy (non-hydrogen) atoms. The molecule has 0 aliphatic carbocycles. The normalized spacial score (nSPS) is 24.1. The van der Waals surface area contributed by atoms with Crippen molar-refractivity contribution in [1.29, 1.82) is 0 Å². The first-order valence-corrected chi connectivity index (χ1v) is 11.6. The van der Waals surface area contributed by atoms with Gasteiger partial charge in [0.05, 0.1) is 35.1 Å². The second kappa shape index (κ2) is 8.24. The van der Waals surface area contributed by atoms with Crippen LogP contribution in [0.25, 0.3) is 0 Å². The number of aliphatic imine (C=N–C) groups is 1. The van der Waals surface area contributed by atoms with Gasteiger partial charge in [0.25, 0.3) is 0 Å². The van der Waals surface area contributed by atoms with Gasteiger partial charge in [-0.15, -0.1) is 0 Å². The summed E-state index contributed by atoms with van der Waals surface area (Å²) < 4.78 is 104. The predicted octanol–water partition coefficient (Wildman–Crippen LogP) is 3.19. The summed E-state index contributed by atoms with van der Waals surface area (Å²) in [6.45, 7) is 0. The van der Waals surface area contributed by atoms with E-state index < -0.39 is 86.5 Å². The van der Waals surface area contributed by atoms with Gasteiger partial charge in [-0.3, -0.25) is 9.59 Å². The van der Waals surface area contributed by atoms with Crippen LogP contribution in [0.5, 0.6) is 0 Å². The van der Waals surface area contributed by atoms with E-state index in [2.05, 4.69) is 4.99 Å². The number of hydrogen-bond acceptors (Lipinski definition) is 5. The molecule has 0 unspecified atom stereocenters. The molecular formula is C17H14F6N2O5S2. The van der Waals surface area contributed by atoms with Crippen LogP contribution in [-0.4, -0.2) is 53.4 Å². The van der Waals surface area contributed by atoms with Crippen LogP contribution in [0.1, 0.15) is 24.0 Å². The fourth-order valence-electron chi connectivity index (χ4n) is 3.32. The molecule has 2 saturated heterocycles. The standard InChI is InChI=1S/C17H14F6N2O5S2/c18-16(19,20)8-3-9(17(21,22)23)5-10(4-8)25-11-6-32(29,30)7-12(11)31-15(25)24-13(26)1-2-14(27)28/h3-5,11-12H,1-2,6-7H2,(H,27,28)/t11-,12-/m1/s1. The molecule has 1 N–H and O–H groups in total. The molecule has 2 fully saturated rings. The van der Waals surface area contributed by atoms with Crippen LogP contribution in [0.2, 0.25) is 0 Å². The number of carbonyl (C=O) groups excluding carboxylic acids is 1. The van der Waals surface area contributed by atoms with Crippen LogP contribution < -0.4 is 4.90 Å². The number of nitrogens with zero attached hydrogens (tertiary/aromatic N) is 2. The van der Waals surface area contributed by atoms with Gasteiger partial charge < -0.3 is 10.0 Å². The quantitative estimate of drug-likeness (QED) is 0.628. The van der Waals surface area contributed by atoms with Crippen LogP contribution in [0.15, 0.2) is 23.2 Å². The van der Waals surface area contributed by atoms with Crippen molar-refractivity contribution in [3.63, 3.8) is 0 Å². The van der Waals surface area contributed by atoms with E-state index >= 15 is 0 Å². The van der Waals surface area contributed by atoms with Gasteiger partial charge in [0.2, 0.25) is 5.91 Å². The maximum atomic E-state index is 13.3. The fraction of sp³-hybridized carbons (Fsp3) is 0.471. The molecule has 0 bridgehead atoms. The molecule has 2 atom stereocenters. The zero-order valence-corrected chi connectivity index (χ0v) is 17.4. The van der Waals surface area contributed by atoms with E-state index in [1.54, 1.807) is 0 Å². The van der Waals surface area contributed by atoms with Crippen molar-refractivity contribution < 1.29 is 49.5 Å². The van der Waals surface area contributed by atoms with E-state index in [9.17, 15) is 44.3 Å². The molecule has 1 amide bonds. The second-order valence-electron chi connectivity index (χ2n) is 7.12. The Morgan fingerprint density at radius 2 is 1.59 bits per heavy atom. The van der Waals surface area contributed by atoms with Crippen LogP contribution in [0, 0.1) is 0 Å². The highest BCUT2D eigenvalue weighted by Gasteiger charge is 2.50. The minimum Gasteiger partial charge on any atom is -0.481 e. The van der Waals surface area contributed by atoms with E-state index in [1.165, 1.54) is 0 Å². The molecule has 2 aliphatic rings. The Balaban J connectivity index is 2.11. The van der Waals surface area contributed by atoms with Crippen molar-refractivity contribution in [2.75, 3.05) is 16.4 Å². The van der Waals surface area contributed by atoms with E-state index in [0.29, 0.717) is 12.1 Å². The van der Waals surface area contributed by atoms with E-state index in [4.69, 9.17) is 5.11 Å². The molecule has 2 heterocycles. The Hall–Kier alpha value is -2.29. The summed E-state index contributed by atoms with van der Waals surface area (Å²) in [6, 6.07) is -0.244. The number of carbonyl (C=O) groups is 2. The lowest BCUT2D eigenvalue weighted by molar-refractivity contribution is -0.143. The fourth-order valence-corrected chi connectivity index (χ4v) is 7.25. The maximum Gasteiger partial charge on any atom is 0.416 e. The van der Waals surface area contributed by atoms with Crippen LogP contribution >= 0.6 is 11.8 Å². The number of amidine groups is 1. The second-order valence-corrected chi connectivity index (χ2v) is 10.5. The van der Waals surface area contributed by atoms with Gasteiger partial charge in [-0.05, 0) is 18.2 Å². The Labute approximate surface area is 181 Å². The van der Waals surface area contributed by atoms with Gasteiger partial charge in [-0.2, -0.15) is 31.3 Å². The lowest BCUT2D eigenvalue weighted by Crippen LogP contribution is -2.38. The summed E-state index contributed by atoms with van der Waals surface area (Å²) >= 11 is 0.742. The molecule has 0 spiro atoms. The zero-order chi connectivity index (χ0) is 24.1. The highest BCUT2D eigenvalue weighted by atomic mass is 32.2. The van der Waals surface area contributed by atoms with Crippen molar-refractivity contribution in [1.82, 2.24) is 0 Å². The summed E-state index contributed by atoms with van der Waals surface area (Å²) in [5, 5.41) is 7.61. The van der Waals surface area contributed by atoms with Crippen molar-refractivity contribution in [2.24, 2.45) is 4.99 Å². The lowest BCUT2D eigenvalue weighted by atomic mass is 10.1. The minimum absolute atomic E-state index is 0.0651. The number of benzene rings is 1. The molecule has 7 nitrogen and oxygen atoms in total. The van der Waals surface area contributed by atoms with Gasteiger partial charge in [0, 0.05) is 17.4 Å². The molecule has 3 rings (SSSR count). The smallest absolute Gasteiger partial charge is 0.416 e. The number of anilines is 1. The summed E-state index contributed by atoms with van der Waals surface area (Å²) in [4.78, 5) is 27.2. The van der Waals surface area contributed by atoms with E-state index in [0.717, 1.165) is 16.7 Å². The van der Waals surface area contributed by atoms with Gasteiger partial charge in [-0.1, -0.05) is 11.8 Å². The molecule has 15 heteroatoms. The van der Waals surface area contributed by atoms with Crippen molar-refractivity contribution >= 4 is 44.3 Å². The molecule has 0 radical (unpaired) electrons. The zero-order valence-electron chi connectivity index (χ0n) is 15.8. The number of carboxylic acid groups (broad SMARTS) is 1. The highest BCUT2D eigenvalue weighted by molar-refractivity contribution is 8.16. The SMILES string of the molecule is O=C(O)CCC(=O)N=C1S[C@@H]2CS(=O)(=O)C[C@H]2N1c1cc(C(F)(F)F)cc(C(F)(F)F)c1. The number of fused-ring (bicyclic) bond motifs is 1.